The monoisotopic (exact) mass is 368 g/mol. The minimum absolute atomic E-state index is 0.0973. The van der Waals surface area contributed by atoms with Gasteiger partial charge in [-0.3, -0.25) is 9.69 Å². The van der Waals surface area contributed by atoms with Crippen LogP contribution in [-0.4, -0.2) is 43.6 Å². The number of nitrogens with one attached hydrogen (secondary N) is 1. The first kappa shape index (κ1) is 19.7. The molecule has 1 N–H and O–H groups in total. The third-order valence-electron chi connectivity index (χ3n) is 5.98. The molecular formula is C23H32N2O2. The van der Waals surface area contributed by atoms with Crippen molar-refractivity contribution in [1.82, 2.24) is 10.2 Å². The molecule has 0 aromatic heterocycles. The van der Waals surface area contributed by atoms with E-state index in [4.69, 9.17) is 4.74 Å². The van der Waals surface area contributed by atoms with Gasteiger partial charge in [-0.05, 0) is 74.2 Å². The van der Waals surface area contributed by atoms with Gasteiger partial charge in [0, 0.05) is 12.6 Å². The molecule has 0 aliphatic carbocycles. The predicted molar refractivity (Wildman–Crippen MR) is 111 cm³/mol. The lowest BCUT2D eigenvalue weighted by Crippen LogP contribution is -2.46. The molecule has 0 saturated carbocycles. The Hall–Kier alpha value is -2.07. The largest absolute Gasteiger partial charge is 0.497 e. The SMILES string of the molecule is COc1ccc2cc([C@H](C)C(=O)NCC(C)N3CCC(C)CC3)ccc2c1. The van der Waals surface area contributed by atoms with E-state index in [1.165, 1.54) is 12.8 Å². The Kier molecular flexibility index (Phi) is 6.38. The van der Waals surface area contributed by atoms with E-state index in [1.54, 1.807) is 7.11 Å². The maximum atomic E-state index is 12.7. The molecule has 1 aliphatic heterocycles. The standard InChI is InChI=1S/C23H32N2O2/c1-16-9-11-25(12-10-16)17(2)15-24-23(26)18(3)19-5-6-21-14-22(27-4)8-7-20(21)13-19/h5-8,13-14,16-18H,9-12,15H2,1-4H3,(H,24,26)/t17?,18-/m0/s1. The summed E-state index contributed by atoms with van der Waals surface area (Å²) in [4.78, 5) is 15.2. The minimum Gasteiger partial charge on any atom is -0.497 e. The number of carbonyl (C=O) groups excluding carboxylic acids is 1. The van der Waals surface area contributed by atoms with Gasteiger partial charge in [0.05, 0.1) is 13.0 Å². The van der Waals surface area contributed by atoms with Gasteiger partial charge in [-0.2, -0.15) is 0 Å². The Morgan fingerprint density at radius 2 is 1.81 bits per heavy atom. The van der Waals surface area contributed by atoms with Crippen molar-refractivity contribution in [3.05, 3.63) is 42.0 Å². The van der Waals surface area contributed by atoms with E-state index >= 15 is 0 Å². The van der Waals surface area contributed by atoms with Crippen molar-refractivity contribution in [3.8, 4) is 5.75 Å². The van der Waals surface area contributed by atoms with E-state index in [9.17, 15) is 4.79 Å². The maximum Gasteiger partial charge on any atom is 0.227 e. The first-order chi connectivity index (χ1) is 13.0. The number of likely N-dealkylation sites (tertiary alicyclic amines) is 1. The third kappa shape index (κ3) is 4.81. The first-order valence-electron chi connectivity index (χ1n) is 10.1. The molecule has 3 rings (SSSR count). The van der Waals surface area contributed by atoms with Crippen LogP contribution in [0.2, 0.25) is 0 Å². The van der Waals surface area contributed by atoms with Gasteiger partial charge in [0.1, 0.15) is 5.75 Å². The van der Waals surface area contributed by atoms with Gasteiger partial charge in [-0.25, -0.2) is 0 Å². The van der Waals surface area contributed by atoms with Gasteiger partial charge >= 0.3 is 0 Å². The predicted octanol–water partition coefficient (Wildman–Crippen LogP) is 4.19. The van der Waals surface area contributed by atoms with E-state index in [-0.39, 0.29) is 11.8 Å². The number of benzene rings is 2. The Balaban J connectivity index is 1.59. The summed E-state index contributed by atoms with van der Waals surface area (Å²) in [6, 6.07) is 12.6. The Morgan fingerprint density at radius 1 is 1.15 bits per heavy atom. The molecule has 1 amide bonds. The van der Waals surface area contributed by atoms with Crippen LogP contribution >= 0.6 is 0 Å². The molecule has 4 nitrogen and oxygen atoms in total. The number of piperidine rings is 1. The van der Waals surface area contributed by atoms with Crippen LogP contribution in [0.25, 0.3) is 10.8 Å². The zero-order valence-corrected chi connectivity index (χ0v) is 17.0. The fourth-order valence-electron chi connectivity index (χ4n) is 3.79. The average Bonchev–Trinajstić information content (AvgIpc) is 2.70. The van der Waals surface area contributed by atoms with Crippen LogP contribution < -0.4 is 10.1 Å². The molecule has 4 heteroatoms. The molecule has 1 aliphatic rings. The number of hydrogen-bond acceptors (Lipinski definition) is 3. The van der Waals surface area contributed by atoms with E-state index in [0.29, 0.717) is 12.6 Å². The lowest BCUT2D eigenvalue weighted by Gasteiger charge is -2.35. The van der Waals surface area contributed by atoms with E-state index in [0.717, 1.165) is 41.1 Å². The quantitative estimate of drug-likeness (QED) is 0.831. The molecule has 2 aromatic carbocycles. The first-order valence-corrected chi connectivity index (χ1v) is 10.1. The maximum absolute atomic E-state index is 12.7. The molecule has 1 heterocycles. The summed E-state index contributed by atoms with van der Waals surface area (Å²) in [5, 5.41) is 5.41. The fourth-order valence-corrected chi connectivity index (χ4v) is 3.79. The number of hydrogen-bond donors (Lipinski definition) is 1. The van der Waals surface area contributed by atoms with E-state index in [1.807, 2.05) is 31.2 Å². The molecule has 1 fully saturated rings. The van der Waals surface area contributed by atoms with Gasteiger partial charge in [-0.15, -0.1) is 0 Å². The number of nitrogens with zero attached hydrogens (tertiary/aromatic N) is 1. The summed E-state index contributed by atoms with van der Waals surface area (Å²) in [5.74, 6) is 1.61. The fraction of sp³-hybridized carbons (Fsp3) is 0.522. The molecule has 1 unspecified atom stereocenters. The van der Waals surface area contributed by atoms with Crippen LogP contribution in [-0.2, 0) is 4.79 Å². The van der Waals surface area contributed by atoms with Gasteiger partial charge in [-0.1, -0.05) is 31.2 Å². The zero-order valence-electron chi connectivity index (χ0n) is 17.0. The number of ether oxygens (including phenoxy) is 1. The smallest absolute Gasteiger partial charge is 0.227 e. The van der Waals surface area contributed by atoms with Crippen LogP contribution in [0.1, 0.15) is 45.1 Å². The van der Waals surface area contributed by atoms with Crippen LogP contribution in [0.5, 0.6) is 5.75 Å². The van der Waals surface area contributed by atoms with Crippen molar-refractivity contribution in [2.75, 3.05) is 26.7 Å². The van der Waals surface area contributed by atoms with E-state index in [2.05, 4.69) is 36.2 Å². The zero-order chi connectivity index (χ0) is 19.4. The highest BCUT2D eigenvalue weighted by molar-refractivity contribution is 5.88. The Morgan fingerprint density at radius 3 is 2.52 bits per heavy atom. The van der Waals surface area contributed by atoms with Crippen molar-refractivity contribution in [2.24, 2.45) is 5.92 Å². The second-order valence-electron chi connectivity index (χ2n) is 8.01. The van der Waals surface area contributed by atoms with Crippen molar-refractivity contribution >= 4 is 16.7 Å². The molecule has 1 saturated heterocycles. The second kappa shape index (κ2) is 8.75. The molecular weight excluding hydrogens is 336 g/mol. The highest BCUT2D eigenvalue weighted by Gasteiger charge is 2.22. The summed E-state index contributed by atoms with van der Waals surface area (Å²) in [7, 11) is 1.67. The number of fused-ring (bicyclic) bond motifs is 1. The van der Waals surface area contributed by atoms with Gasteiger partial charge in [0.2, 0.25) is 5.91 Å². The van der Waals surface area contributed by atoms with Crippen LogP contribution in [0.4, 0.5) is 0 Å². The molecule has 0 radical (unpaired) electrons. The normalized spacial score (nSPS) is 18.2. The number of amides is 1. The Labute approximate surface area is 162 Å². The Bertz CT molecular complexity index is 781. The highest BCUT2D eigenvalue weighted by atomic mass is 16.5. The number of rotatable bonds is 6. The molecule has 0 spiro atoms. The van der Waals surface area contributed by atoms with Crippen molar-refractivity contribution in [2.45, 2.75) is 45.6 Å². The molecule has 146 valence electrons. The van der Waals surface area contributed by atoms with Gasteiger partial charge in [0.15, 0.2) is 0 Å². The van der Waals surface area contributed by atoms with Crippen LogP contribution in [0, 0.1) is 5.92 Å². The molecule has 0 bridgehead atoms. The summed E-state index contributed by atoms with van der Waals surface area (Å²) in [6.07, 6.45) is 2.52. The lowest BCUT2D eigenvalue weighted by atomic mass is 9.96. The number of carbonyl (C=O) groups is 1. The van der Waals surface area contributed by atoms with Gasteiger partial charge in [0.25, 0.3) is 0 Å². The molecule has 2 aromatic rings. The van der Waals surface area contributed by atoms with Crippen molar-refractivity contribution < 1.29 is 9.53 Å². The van der Waals surface area contributed by atoms with Crippen molar-refractivity contribution in [1.29, 1.82) is 0 Å². The minimum atomic E-state index is -0.162. The topological polar surface area (TPSA) is 41.6 Å². The van der Waals surface area contributed by atoms with Crippen molar-refractivity contribution in [3.63, 3.8) is 0 Å². The van der Waals surface area contributed by atoms with Crippen LogP contribution in [0.3, 0.4) is 0 Å². The number of methoxy groups -OCH3 is 1. The summed E-state index contributed by atoms with van der Waals surface area (Å²) < 4.78 is 5.28. The molecule has 2 atom stereocenters. The summed E-state index contributed by atoms with van der Waals surface area (Å²) in [5.41, 5.74) is 1.05. The average molecular weight is 369 g/mol. The van der Waals surface area contributed by atoms with Gasteiger partial charge < -0.3 is 10.1 Å². The van der Waals surface area contributed by atoms with E-state index < -0.39 is 0 Å². The third-order valence-corrected chi connectivity index (χ3v) is 5.98. The molecule has 27 heavy (non-hydrogen) atoms. The lowest BCUT2D eigenvalue weighted by molar-refractivity contribution is -0.122. The van der Waals surface area contributed by atoms with Crippen LogP contribution in [0.15, 0.2) is 36.4 Å². The summed E-state index contributed by atoms with van der Waals surface area (Å²) in [6.45, 7) is 9.51. The highest BCUT2D eigenvalue weighted by Crippen LogP contribution is 2.25. The summed E-state index contributed by atoms with van der Waals surface area (Å²) >= 11 is 0. The second-order valence-corrected chi connectivity index (χ2v) is 8.01.